The second-order valence-electron chi connectivity index (χ2n) is 8.14. The minimum Gasteiger partial charge on any atom is -0.481 e. The van der Waals surface area contributed by atoms with E-state index in [0.29, 0.717) is 31.0 Å². The van der Waals surface area contributed by atoms with Crippen LogP contribution in [0.15, 0.2) is 18.2 Å². The van der Waals surface area contributed by atoms with Gasteiger partial charge in [0.2, 0.25) is 11.8 Å². The molecule has 0 spiro atoms. The Morgan fingerprint density at radius 3 is 2.40 bits per heavy atom. The number of fused-ring (bicyclic) bond motifs is 1. The van der Waals surface area contributed by atoms with Crippen LogP contribution in [0.25, 0.3) is 0 Å². The molecule has 158 valence electrons. The van der Waals surface area contributed by atoms with Gasteiger partial charge < -0.3 is 10.4 Å². The van der Waals surface area contributed by atoms with Crippen LogP contribution in [0.5, 0.6) is 0 Å². The van der Waals surface area contributed by atoms with Gasteiger partial charge in [-0.25, -0.2) is 0 Å². The van der Waals surface area contributed by atoms with E-state index in [0.717, 1.165) is 17.7 Å². The molecule has 0 bridgehead atoms. The molecule has 2 heterocycles. The number of aliphatic carboxylic acids is 1. The third-order valence-electron chi connectivity index (χ3n) is 6.23. The number of carbonyl (C=O) groups excluding carboxylic acids is 4. The zero-order valence-corrected chi connectivity index (χ0v) is 16.3. The number of nitrogens with one attached hydrogen (secondary N) is 2. The Labute approximate surface area is 172 Å². The van der Waals surface area contributed by atoms with Crippen LogP contribution in [0.3, 0.4) is 0 Å². The van der Waals surface area contributed by atoms with E-state index >= 15 is 0 Å². The second kappa shape index (κ2) is 7.89. The Hall–Kier alpha value is -3.23. The number of carboxylic acid groups (broad SMARTS) is 1. The number of imide groups is 2. The summed E-state index contributed by atoms with van der Waals surface area (Å²) in [6, 6.07) is 3.94. The van der Waals surface area contributed by atoms with E-state index < -0.39 is 35.6 Å². The van der Waals surface area contributed by atoms with E-state index in [2.05, 4.69) is 10.6 Å². The van der Waals surface area contributed by atoms with Gasteiger partial charge in [0.25, 0.3) is 11.8 Å². The van der Waals surface area contributed by atoms with Gasteiger partial charge >= 0.3 is 5.97 Å². The molecule has 9 heteroatoms. The van der Waals surface area contributed by atoms with E-state index in [1.807, 2.05) is 0 Å². The Bertz CT molecular complexity index is 935. The lowest BCUT2D eigenvalue weighted by molar-refractivity contribution is -0.143. The van der Waals surface area contributed by atoms with Crippen LogP contribution in [-0.2, 0) is 14.4 Å². The number of amides is 4. The normalized spacial score (nSPS) is 26.4. The number of benzene rings is 1. The number of nitrogens with zero attached hydrogens (tertiary/aromatic N) is 1. The first-order valence-corrected chi connectivity index (χ1v) is 10.2. The molecule has 1 aliphatic carbocycles. The fraction of sp³-hybridized carbons (Fsp3) is 0.476. The van der Waals surface area contributed by atoms with Crippen molar-refractivity contribution in [1.82, 2.24) is 10.2 Å². The van der Waals surface area contributed by atoms with Gasteiger partial charge in [-0.15, -0.1) is 0 Å². The van der Waals surface area contributed by atoms with Gasteiger partial charge in [-0.2, -0.15) is 0 Å². The van der Waals surface area contributed by atoms with Gasteiger partial charge in [0.1, 0.15) is 6.04 Å². The molecule has 1 saturated heterocycles. The average Bonchev–Trinajstić information content (AvgIpc) is 2.97. The van der Waals surface area contributed by atoms with Crippen LogP contribution in [0.4, 0.5) is 5.69 Å². The molecule has 1 atom stereocenters. The maximum absolute atomic E-state index is 12.8. The highest BCUT2D eigenvalue weighted by Crippen LogP contribution is 2.31. The molecule has 9 nitrogen and oxygen atoms in total. The van der Waals surface area contributed by atoms with Crippen LogP contribution in [0, 0.1) is 11.8 Å². The van der Waals surface area contributed by atoms with Crippen LogP contribution in [-0.4, -0.2) is 52.2 Å². The molecule has 2 fully saturated rings. The summed E-state index contributed by atoms with van der Waals surface area (Å²) >= 11 is 0. The molecule has 1 unspecified atom stereocenters. The van der Waals surface area contributed by atoms with Gasteiger partial charge in [0, 0.05) is 18.7 Å². The highest BCUT2D eigenvalue weighted by molar-refractivity contribution is 6.23. The SMILES string of the molecule is O=C1CCC(N2C(=O)c3ccc(NCC4CCC(C(=O)O)CC4)cc3C2=O)C(=O)N1. The molecule has 1 aromatic rings. The summed E-state index contributed by atoms with van der Waals surface area (Å²) in [4.78, 5) is 61.0. The standard InChI is InChI=1S/C21H23N3O6/c25-17-8-7-16(18(26)23-17)24-19(27)14-6-5-13(9-15(14)20(24)28)22-10-11-1-3-12(4-2-11)21(29)30/h5-6,9,11-12,16,22H,1-4,7-8,10H2,(H,29,30)(H,23,25,26). The maximum atomic E-state index is 12.8. The van der Waals surface area contributed by atoms with Crippen molar-refractivity contribution in [1.29, 1.82) is 0 Å². The zero-order valence-electron chi connectivity index (χ0n) is 16.3. The highest BCUT2D eigenvalue weighted by atomic mass is 16.4. The molecular weight excluding hydrogens is 390 g/mol. The largest absolute Gasteiger partial charge is 0.481 e. The van der Waals surface area contributed by atoms with Gasteiger partial charge in [0.15, 0.2) is 0 Å². The van der Waals surface area contributed by atoms with E-state index in [1.165, 1.54) is 0 Å². The minimum absolute atomic E-state index is 0.0841. The Morgan fingerprint density at radius 1 is 1.03 bits per heavy atom. The topological polar surface area (TPSA) is 133 Å². The third-order valence-corrected chi connectivity index (χ3v) is 6.23. The number of hydrogen-bond acceptors (Lipinski definition) is 6. The van der Waals surface area contributed by atoms with Crippen LogP contribution < -0.4 is 10.6 Å². The predicted octanol–water partition coefficient (Wildman–Crippen LogP) is 1.39. The molecule has 3 aliphatic rings. The first kappa shape index (κ1) is 20.1. The lowest BCUT2D eigenvalue weighted by atomic mass is 9.82. The van der Waals surface area contributed by atoms with Gasteiger partial charge in [0.05, 0.1) is 17.0 Å². The van der Waals surface area contributed by atoms with Crippen molar-refractivity contribution in [3.8, 4) is 0 Å². The third kappa shape index (κ3) is 3.67. The lowest BCUT2D eigenvalue weighted by Gasteiger charge is -2.27. The molecule has 0 radical (unpaired) electrons. The molecule has 4 rings (SSSR count). The van der Waals surface area contributed by atoms with Crippen LogP contribution in [0.2, 0.25) is 0 Å². The minimum atomic E-state index is -0.976. The summed E-state index contributed by atoms with van der Waals surface area (Å²) in [6.45, 7) is 0.657. The first-order valence-electron chi connectivity index (χ1n) is 10.2. The number of piperidine rings is 1. The van der Waals surface area contributed by atoms with Crippen molar-refractivity contribution >= 4 is 35.3 Å². The number of carbonyl (C=O) groups is 5. The summed E-state index contributed by atoms with van der Waals surface area (Å²) in [5.41, 5.74) is 1.18. The zero-order chi connectivity index (χ0) is 21.4. The number of hydrogen-bond donors (Lipinski definition) is 3. The molecule has 4 amide bonds. The average molecular weight is 413 g/mol. The van der Waals surface area contributed by atoms with Crippen LogP contribution in [0.1, 0.15) is 59.2 Å². The summed E-state index contributed by atoms with van der Waals surface area (Å²) in [7, 11) is 0. The highest BCUT2D eigenvalue weighted by Gasteiger charge is 2.44. The number of anilines is 1. The van der Waals surface area contributed by atoms with E-state index in [-0.39, 0.29) is 29.9 Å². The fourth-order valence-electron chi connectivity index (χ4n) is 4.46. The summed E-state index contributed by atoms with van der Waals surface area (Å²) < 4.78 is 0. The van der Waals surface area contributed by atoms with Gasteiger partial charge in [-0.1, -0.05) is 0 Å². The Kier molecular flexibility index (Phi) is 5.27. The smallest absolute Gasteiger partial charge is 0.306 e. The quantitative estimate of drug-likeness (QED) is 0.621. The molecule has 0 aromatic heterocycles. The van der Waals surface area contributed by atoms with E-state index in [1.54, 1.807) is 18.2 Å². The molecular formula is C21H23N3O6. The number of rotatable bonds is 5. The molecule has 3 N–H and O–H groups in total. The number of carboxylic acids is 1. The molecule has 30 heavy (non-hydrogen) atoms. The Balaban J connectivity index is 1.42. The Morgan fingerprint density at radius 2 is 1.73 bits per heavy atom. The van der Waals surface area contributed by atoms with E-state index in [4.69, 9.17) is 5.11 Å². The van der Waals surface area contributed by atoms with Crippen molar-refractivity contribution in [2.24, 2.45) is 11.8 Å². The van der Waals surface area contributed by atoms with Gasteiger partial charge in [-0.05, 0) is 56.2 Å². The van der Waals surface area contributed by atoms with Crippen molar-refractivity contribution in [2.75, 3.05) is 11.9 Å². The van der Waals surface area contributed by atoms with Crippen molar-refractivity contribution in [3.05, 3.63) is 29.3 Å². The van der Waals surface area contributed by atoms with Gasteiger partial charge in [-0.3, -0.25) is 34.2 Å². The van der Waals surface area contributed by atoms with E-state index in [9.17, 15) is 24.0 Å². The predicted molar refractivity (Wildman–Crippen MR) is 105 cm³/mol. The molecule has 1 saturated carbocycles. The first-order chi connectivity index (χ1) is 14.3. The summed E-state index contributed by atoms with van der Waals surface area (Å²) in [5.74, 6) is -2.73. The van der Waals surface area contributed by atoms with Crippen molar-refractivity contribution in [3.63, 3.8) is 0 Å². The molecule has 1 aromatic carbocycles. The van der Waals surface area contributed by atoms with Crippen molar-refractivity contribution < 1.29 is 29.1 Å². The summed E-state index contributed by atoms with van der Waals surface area (Å²) in [6.07, 6.45) is 3.20. The lowest BCUT2D eigenvalue weighted by Crippen LogP contribution is -2.54. The van der Waals surface area contributed by atoms with Crippen LogP contribution >= 0.6 is 0 Å². The second-order valence-corrected chi connectivity index (χ2v) is 8.14. The fourth-order valence-corrected chi connectivity index (χ4v) is 4.46. The molecule has 2 aliphatic heterocycles. The maximum Gasteiger partial charge on any atom is 0.306 e. The summed E-state index contributed by atoms with van der Waals surface area (Å²) in [5, 5.41) is 14.6. The monoisotopic (exact) mass is 413 g/mol. The van der Waals surface area contributed by atoms with Crippen molar-refractivity contribution in [2.45, 2.75) is 44.6 Å².